The van der Waals surface area contributed by atoms with Crippen LogP contribution >= 0.6 is 0 Å². The molecule has 0 amide bonds. The number of alkyl halides is 2. The number of hydrogen-bond acceptors (Lipinski definition) is 5. The molecule has 0 radical (unpaired) electrons. The molecule has 0 aliphatic carbocycles. The monoisotopic (exact) mass is 507 g/mol. The maximum Gasteiger partial charge on any atom is 0.240 e. The minimum absolute atomic E-state index is 0. The first-order valence-electron chi connectivity index (χ1n) is 10.6. The number of hydrogen-bond donors (Lipinski definition) is 2. The molecule has 0 heterocycles. The molecule has 30 heavy (non-hydrogen) atoms. The van der Waals surface area contributed by atoms with E-state index in [9.17, 15) is 19.0 Å². The fourth-order valence-corrected chi connectivity index (χ4v) is 2.52. The summed E-state index contributed by atoms with van der Waals surface area (Å²) in [5.41, 5.74) is -1.21. The average Bonchev–Trinajstić information content (AvgIpc) is 2.68. The molecular weight excluding hydrogens is 464 g/mol. The third-order valence-electron chi connectivity index (χ3n) is 5.20. The zero-order valence-electron chi connectivity index (χ0n) is 19.5. The van der Waals surface area contributed by atoms with Gasteiger partial charge in [0.15, 0.2) is 0 Å². The Morgan fingerprint density at radius 2 is 1.30 bits per heavy atom. The first-order valence-corrected chi connectivity index (χ1v) is 10.6. The molecule has 2 N–H and O–H groups in total. The van der Waals surface area contributed by atoms with Crippen LogP contribution in [0.2, 0.25) is 0 Å². The van der Waals surface area contributed by atoms with E-state index in [1.54, 1.807) is 6.92 Å². The van der Waals surface area contributed by atoms with Crippen molar-refractivity contribution in [2.45, 2.75) is 46.5 Å². The number of nitrogens with zero attached hydrogens (tertiary/aromatic N) is 1. The Balaban J connectivity index is 0. The van der Waals surface area contributed by atoms with E-state index in [0.717, 1.165) is 30.4 Å². The highest BCUT2D eigenvalue weighted by atomic mass is 79.9. The number of aliphatic hydroxyl groups is 2. The predicted octanol–water partition coefficient (Wildman–Crippen LogP) is -0.431. The zero-order chi connectivity index (χ0) is 22.4. The first-order chi connectivity index (χ1) is 13.5. The summed E-state index contributed by atoms with van der Waals surface area (Å²) in [5, 5.41) is 19.3. The van der Waals surface area contributed by atoms with Gasteiger partial charge in [0, 0.05) is 23.9 Å². The van der Waals surface area contributed by atoms with Crippen LogP contribution in [0.25, 0.3) is 0 Å². The molecule has 2 atom stereocenters. The van der Waals surface area contributed by atoms with Gasteiger partial charge in [0.2, 0.25) is 6.43 Å². The molecule has 0 bridgehead atoms. The van der Waals surface area contributed by atoms with Crippen molar-refractivity contribution >= 4 is 0 Å². The molecule has 0 aromatic carbocycles. The van der Waals surface area contributed by atoms with Crippen molar-refractivity contribution in [3.63, 3.8) is 0 Å². The van der Waals surface area contributed by atoms with E-state index in [-0.39, 0.29) is 63.0 Å². The van der Waals surface area contributed by atoms with Crippen LogP contribution < -0.4 is 17.0 Å². The Kier molecular flexibility index (Phi) is 18.0. The lowest BCUT2D eigenvalue weighted by molar-refractivity contribution is -0.888. The van der Waals surface area contributed by atoms with E-state index in [1.807, 2.05) is 6.92 Å². The lowest BCUT2D eigenvalue weighted by atomic mass is 9.92. The Morgan fingerprint density at radius 3 is 1.73 bits per heavy atom. The van der Waals surface area contributed by atoms with Gasteiger partial charge in [0.25, 0.3) is 0 Å². The van der Waals surface area contributed by atoms with Gasteiger partial charge in [-0.15, -0.1) is 0 Å². The van der Waals surface area contributed by atoms with Gasteiger partial charge >= 0.3 is 0 Å². The van der Waals surface area contributed by atoms with Gasteiger partial charge in [-0.1, -0.05) is 13.8 Å². The smallest absolute Gasteiger partial charge is 0.240 e. The van der Waals surface area contributed by atoms with Crippen LogP contribution in [0.5, 0.6) is 0 Å². The van der Waals surface area contributed by atoms with Crippen LogP contribution in [-0.2, 0) is 14.2 Å². The van der Waals surface area contributed by atoms with E-state index in [0.29, 0.717) is 13.2 Å². The first kappa shape index (κ1) is 32.3. The number of aliphatic hydroxyl groups excluding tert-OH is 2. The largest absolute Gasteiger partial charge is 1.00 e. The number of halogens is 3. The molecule has 0 rings (SSSR count). The van der Waals surface area contributed by atoms with Crippen LogP contribution in [0.3, 0.4) is 0 Å². The summed E-state index contributed by atoms with van der Waals surface area (Å²) < 4.78 is 42.0. The summed E-state index contributed by atoms with van der Waals surface area (Å²) >= 11 is 0. The fraction of sp³-hybridized carbons (Fsp3) is 1.00. The van der Waals surface area contributed by atoms with Crippen molar-refractivity contribution in [3.8, 4) is 0 Å². The van der Waals surface area contributed by atoms with Crippen LogP contribution in [-0.4, -0.2) is 101 Å². The van der Waals surface area contributed by atoms with Gasteiger partial charge in [-0.05, 0) is 19.8 Å². The Bertz CT molecular complexity index is 421. The third-order valence-corrected chi connectivity index (χ3v) is 5.20. The van der Waals surface area contributed by atoms with Crippen LogP contribution in [0.15, 0.2) is 0 Å². The van der Waals surface area contributed by atoms with Gasteiger partial charge < -0.3 is 45.9 Å². The molecule has 0 saturated heterocycles. The lowest BCUT2D eigenvalue weighted by Gasteiger charge is -2.31. The molecule has 0 aromatic heterocycles. The van der Waals surface area contributed by atoms with Gasteiger partial charge in [0.1, 0.15) is 0 Å². The summed E-state index contributed by atoms with van der Waals surface area (Å²) in [7, 11) is 4.43. The minimum Gasteiger partial charge on any atom is -1.00 e. The van der Waals surface area contributed by atoms with Crippen molar-refractivity contribution < 1.29 is 54.7 Å². The highest BCUT2D eigenvalue weighted by Gasteiger charge is 2.29. The van der Waals surface area contributed by atoms with Gasteiger partial charge in [-0.2, -0.15) is 0 Å². The van der Waals surface area contributed by atoms with Crippen LogP contribution in [0.4, 0.5) is 8.78 Å². The molecule has 0 fully saturated rings. The summed E-state index contributed by atoms with van der Waals surface area (Å²) in [6.45, 7) is 9.39. The SMILES string of the molecule is CC[N+](C)(C)CCCCOCC(C)(CO)COCC(C)(CO)COCCC(F)F.[Br-]. The summed E-state index contributed by atoms with van der Waals surface area (Å²) in [6, 6.07) is 0. The maximum absolute atomic E-state index is 12.2. The molecule has 0 spiro atoms. The second-order valence-electron chi connectivity index (χ2n) is 9.40. The number of rotatable bonds is 19. The van der Waals surface area contributed by atoms with Crippen LogP contribution in [0.1, 0.15) is 40.0 Å². The summed E-state index contributed by atoms with van der Waals surface area (Å²) in [6.07, 6.45) is -0.651. The van der Waals surface area contributed by atoms with E-state index < -0.39 is 17.3 Å². The topological polar surface area (TPSA) is 68.2 Å². The average molecular weight is 508 g/mol. The van der Waals surface area contributed by atoms with Crippen molar-refractivity contribution in [2.24, 2.45) is 10.8 Å². The Labute approximate surface area is 192 Å². The van der Waals surface area contributed by atoms with Crippen molar-refractivity contribution in [1.29, 1.82) is 0 Å². The third kappa shape index (κ3) is 15.8. The lowest BCUT2D eigenvalue weighted by Crippen LogP contribution is -3.00. The van der Waals surface area contributed by atoms with Gasteiger partial charge in [-0.25, -0.2) is 8.78 Å². The number of quaternary nitrogens is 1. The predicted molar refractivity (Wildman–Crippen MR) is 110 cm³/mol. The normalized spacial score (nSPS) is 16.2. The second kappa shape index (κ2) is 16.7. The Hall–Kier alpha value is 0.1000. The number of ether oxygens (including phenoxy) is 3. The van der Waals surface area contributed by atoms with Crippen molar-refractivity contribution in [2.75, 3.05) is 80.0 Å². The van der Waals surface area contributed by atoms with E-state index in [4.69, 9.17) is 14.2 Å². The van der Waals surface area contributed by atoms with Crippen molar-refractivity contribution in [1.82, 2.24) is 0 Å². The molecule has 2 unspecified atom stereocenters. The molecule has 9 heteroatoms. The highest BCUT2D eigenvalue weighted by molar-refractivity contribution is 4.76. The fourth-order valence-electron chi connectivity index (χ4n) is 2.52. The zero-order valence-corrected chi connectivity index (χ0v) is 21.1. The molecule has 6 nitrogen and oxygen atoms in total. The van der Waals surface area contributed by atoms with Crippen molar-refractivity contribution in [3.05, 3.63) is 0 Å². The molecule has 0 aliphatic rings. The van der Waals surface area contributed by atoms with Gasteiger partial charge in [0.05, 0.1) is 73.4 Å². The van der Waals surface area contributed by atoms with Crippen LogP contribution in [0, 0.1) is 10.8 Å². The second-order valence-corrected chi connectivity index (χ2v) is 9.40. The summed E-state index contributed by atoms with van der Waals surface area (Å²) in [4.78, 5) is 0. The summed E-state index contributed by atoms with van der Waals surface area (Å²) in [5.74, 6) is 0. The minimum atomic E-state index is -2.39. The highest BCUT2D eigenvalue weighted by Crippen LogP contribution is 2.21. The number of unbranched alkanes of at least 4 members (excludes halogenated alkanes) is 1. The molecule has 0 aliphatic heterocycles. The molecule has 0 aromatic rings. The maximum atomic E-state index is 12.2. The van der Waals surface area contributed by atoms with E-state index in [2.05, 4.69) is 21.0 Å². The standard InChI is InChI=1S/C21H44F2NO5.BrH/c1-6-24(4,5)10-7-8-11-27-15-20(2,13-25)17-29-18-21(3,14-26)16-28-12-9-19(22)23;/h19,25-26H,6-18H2,1-5H3;1H/q+1;/p-1. The molecule has 0 saturated carbocycles. The molecule has 184 valence electrons. The molecular formula is C21H44BrF2NO5. The Morgan fingerprint density at radius 1 is 0.833 bits per heavy atom. The quantitative estimate of drug-likeness (QED) is 0.183. The van der Waals surface area contributed by atoms with Gasteiger partial charge in [-0.3, -0.25) is 0 Å². The van der Waals surface area contributed by atoms with E-state index >= 15 is 0 Å². The van der Waals surface area contributed by atoms with E-state index in [1.165, 1.54) is 0 Å².